The summed E-state index contributed by atoms with van der Waals surface area (Å²) in [5, 5.41) is 0.794. The molecule has 70 valence electrons. The third-order valence-corrected chi connectivity index (χ3v) is 5.47. The van der Waals surface area contributed by atoms with E-state index in [0.29, 0.717) is 10.5 Å². The summed E-state index contributed by atoms with van der Waals surface area (Å²) in [7, 11) is 0. The highest BCUT2D eigenvalue weighted by Crippen LogP contribution is 2.39. The number of thioether (sulfide) groups is 1. The average molecular weight is 259 g/mol. The molecular formula is C10H11BrOS. The van der Waals surface area contributed by atoms with Crippen molar-refractivity contribution in [2.45, 2.75) is 28.7 Å². The van der Waals surface area contributed by atoms with Gasteiger partial charge in [-0.25, -0.2) is 0 Å². The number of Topliss-reactive ketones (excluding diaryl/α,β-unsaturated/α-hetero) is 1. The topological polar surface area (TPSA) is 17.1 Å². The van der Waals surface area contributed by atoms with Gasteiger partial charge in [-0.2, -0.15) is 0 Å². The number of carbonyl (C=O) groups excluding carboxylic acids is 1. The minimum Gasteiger partial charge on any atom is -0.293 e. The van der Waals surface area contributed by atoms with Crippen LogP contribution < -0.4 is 0 Å². The molecule has 0 spiro atoms. The molecule has 0 bridgehead atoms. The Kier molecular flexibility index (Phi) is 2.65. The highest BCUT2D eigenvalue weighted by molar-refractivity contribution is 9.10. The quantitative estimate of drug-likeness (QED) is 0.622. The molecule has 1 nitrogen and oxygen atoms in total. The Labute approximate surface area is 90.8 Å². The van der Waals surface area contributed by atoms with Crippen molar-refractivity contribution in [3.63, 3.8) is 0 Å². The minimum atomic E-state index is 0.00602. The van der Waals surface area contributed by atoms with E-state index in [1.807, 2.05) is 23.9 Å². The minimum absolute atomic E-state index is 0.00602. The zero-order valence-corrected chi connectivity index (χ0v) is 9.77. The third kappa shape index (κ3) is 1.64. The predicted molar refractivity (Wildman–Crippen MR) is 60.4 cm³/mol. The van der Waals surface area contributed by atoms with Crippen LogP contribution in [0.4, 0.5) is 0 Å². The average Bonchev–Trinajstić information content (AvgIpc) is 2.15. The molecule has 0 aromatic rings. The third-order valence-electron chi connectivity index (χ3n) is 2.43. The van der Waals surface area contributed by atoms with Gasteiger partial charge in [-0.05, 0) is 6.42 Å². The van der Waals surface area contributed by atoms with Crippen molar-refractivity contribution in [1.82, 2.24) is 0 Å². The van der Waals surface area contributed by atoms with E-state index in [1.54, 1.807) is 0 Å². The molecule has 0 aromatic carbocycles. The first-order chi connectivity index (χ1) is 6.20. The van der Waals surface area contributed by atoms with E-state index in [2.05, 4.69) is 28.9 Å². The standard InChI is InChI=1S/C10H11BrOS/c1-6-9(11)10(12)7-4-2-3-5-8(7)13-6/h2-4,6,8-9H,5H2,1H3/t6?,8?,9-/m0/s1. The van der Waals surface area contributed by atoms with Crippen molar-refractivity contribution in [2.75, 3.05) is 0 Å². The highest BCUT2D eigenvalue weighted by atomic mass is 79.9. The van der Waals surface area contributed by atoms with Crippen LogP contribution in [0.2, 0.25) is 0 Å². The maximum absolute atomic E-state index is 11.8. The van der Waals surface area contributed by atoms with E-state index in [9.17, 15) is 4.79 Å². The second kappa shape index (κ2) is 3.62. The number of allylic oxidation sites excluding steroid dienone is 3. The predicted octanol–water partition coefficient (Wildman–Crippen LogP) is 2.71. The van der Waals surface area contributed by atoms with Gasteiger partial charge >= 0.3 is 0 Å². The van der Waals surface area contributed by atoms with Crippen LogP contribution in [-0.4, -0.2) is 21.1 Å². The van der Waals surface area contributed by atoms with Crippen molar-refractivity contribution in [3.05, 3.63) is 23.8 Å². The van der Waals surface area contributed by atoms with E-state index in [4.69, 9.17) is 0 Å². The molecule has 0 aromatic heterocycles. The second-order valence-electron chi connectivity index (χ2n) is 3.38. The summed E-state index contributed by atoms with van der Waals surface area (Å²) in [5.41, 5.74) is 0.993. The Morgan fingerprint density at radius 2 is 2.38 bits per heavy atom. The van der Waals surface area contributed by atoms with Crippen LogP contribution >= 0.6 is 27.7 Å². The SMILES string of the molecule is CC1SC2CC=CC=C2C(=O)[C@H]1Br. The van der Waals surface area contributed by atoms with Crippen LogP contribution in [0.15, 0.2) is 23.8 Å². The largest absolute Gasteiger partial charge is 0.293 e. The van der Waals surface area contributed by atoms with Crippen molar-refractivity contribution in [3.8, 4) is 0 Å². The molecule has 1 aliphatic heterocycles. The van der Waals surface area contributed by atoms with E-state index < -0.39 is 0 Å². The lowest BCUT2D eigenvalue weighted by Gasteiger charge is -2.32. The van der Waals surface area contributed by atoms with E-state index in [0.717, 1.165) is 12.0 Å². The first-order valence-electron chi connectivity index (χ1n) is 4.40. The Morgan fingerprint density at radius 3 is 3.15 bits per heavy atom. The lowest BCUT2D eigenvalue weighted by molar-refractivity contribution is -0.115. The molecule has 2 rings (SSSR count). The van der Waals surface area contributed by atoms with Crippen LogP contribution in [0.1, 0.15) is 13.3 Å². The first kappa shape index (κ1) is 9.53. The Balaban J connectivity index is 2.29. The first-order valence-corrected chi connectivity index (χ1v) is 6.26. The number of alkyl halides is 1. The summed E-state index contributed by atoms with van der Waals surface area (Å²) >= 11 is 5.34. The van der Waals surface area contributed by atoms with Crippen LogP contribution in [0.25, 0.3) is 0 Å². The number of fused-ring (bicyclic) bond motifs is 1. The molecular weight excluding hydrogens is 248 g/mol. The molecule has 2 unspecified atom stereocenters. The summed E-state index contributed by atoms with van der Waals surface area (Å²) in [6.07, 6.45) is 7.09. The molecule has 0 radical (unpaired) electrons. The summed E-state index contributed by atoms with van der Waals surface area (Å²) < 4.78 is 0. The lowest BCUT2D eigenvalue weighted by atomic mass is 9.97. The van der Waals surface area contributed by atoms with Gasteiger partial charge in [0.05, 0.1) is 4.83 Å². The molecule has 1 fully saturated rings. The van der Waals surface area contributed by atoms with Crippen molar-refractivity contribution < 1.29 is 4.79 Å². The number of hydrogen-bond acceptors (Lipinski definition) is 2. The molecule has 0 N–H and O–H groups in total. The van der Waals surface area contributed by atoms with Crippen LogP contribution in [0.3, 0.4) is 0 Å². The Morgan fingerprint density at radius 1 is 1.62 bits per heavy atom. The fraction of sp³-hybridized carbons (Fsp3) is 0.500. The maximum atomic E-state index is 11.8. The van der Waals surface area contributed by atoms with E-state index in [1.165, 1.54) is 0 Å². The van der Waals surface area contributed by atoms with Gasteiger partial charge in [0.1, 0.15) is 0 Å². The van der Waals surface area contributed by atoms with Crippen molar-refractivity contribution in [2.24, 2.45) is 0 Å². The number of hydrogen-bond donors (Lipinski definition) is 0. The van der Waals surface area contributed by atoms with Gasteiger partial charge in [0, 0.05) is 16.1 Å². The summed E-state index contributed by atoms with van der Waals surface area (Å²) in [6, 6.07) is 0. The molecule has 1 saturated heterocycles. The van der Waals surface area contributed by atoms with Gasteiger partial charge in [-0.15, -0.1) is 11.8 Å². The lowest BCUT2D eigenvalue weighted by Crippen LogP contribution is -2.36. The van der Waals surface area contributed by atoms with Gasteiger partial charge in [0.2, 0.25) is 0 Å². The van der Waals surface area contributed by atoms with Crippen LogP contribution in [0.5, 0.6) is 0 Å². The van der Waals surface area contributed by atoms with E-state index >= 15 is 0 Å². The molecule has 2 aliphatic rings. The van der Waals surface area contributed by atoms with Gasteiger partial charge in [-0.3, -0.25) is 4.79 Å². The maximum Gasteiger partial charge on any atom is 0.174 e. The van der Waals surface area contributed by atoms with E-state index in [-0.39, 0.29) is 10.6 Å². The molecule has 1 heterocycles. The zero-order chi connectivity index (χ0) is 9.42. The second-order valence-corrected chi connectivity index (χ2v) is 5.95. The Hall–Kier alpha value is -0.0200. The van der Waals surface area contributed by atoms with Gasteiger partial charge in [0.25, 0.3) is 0 Å². The zero-order valence-electron chi connectivity index (χ0n) is 7.37. The normalized spacial score (nSPS) is 38.5. The highest BCUT2D eigenvalue weighted by Gasteiger charge is 2.36. The molecule has 1 aliphatic carbocycles. The number of carbonyl (C=O) groups is 1. The summed E-state index contributed by atoms with van der Waals surface area (Å²) in [5.74, 6) is 0.278. The molecule has 3 atom stereocenters. The summed E-state index contributed by atoms with van der Waals surface area (Å²) in [4.78, 5) is 11.8. The fourth-order valence-corrected chi connectivity index (χ4v) is 3.66. The molecule has 13 heavy (non-hydrogen) atoms. The summed E-state index contributed by atoms with van der Waals surface area (Å²) in [6.45, 7) is 2.11. The number of halogens is 1. The van der Waals surface area contributed by atoms with Gasteiger partial charge in [0.15, 0.2) is 5.78 Å². The molecule has 0 amide bonds. The van der Waals surface area contributed by atoms with Gasteiger partial charge in [-0.1, -0.05) is 41.1 Å². The van der Waals surface area contributed by atoms with Crippen LogP contribution in [-0.2, 0) is 4.79 Å². The molecule has 3 heteroatoms. The Bertz CT molecular complexity index is 295. The van der Waals surface area contributed by atoms with Crippen LogP contribution in [0, 0.1) is 0 Å². The monoisotopic (exact) mass is 258 g/mol. The van der Waals surface area contributed by atoms with Gasteiger partial charge < -0.3 is 0 Å². The fourth-order valence-electron chi connectivity index (χ4n) is 1.68. The number of rotatable bonds is 0. The smallest absolute Gasteiger partial charge is 0.174 e. The van der Waals surface area contributed by atoms with Crippen molar-refractivity contribution in [1.29, 1.82) is 0 Å². The van der Waals surface area contributed by atoms with Crippen molar-refractivity contribution >= 4 is 33.5 Å². The number of ketones is 1. The molecule has 0 saturated carbocycles.